The highest BCUT2D eigenvalue weighted by Gasteiger charge is 2.01. The van der Waals surface area contributed by atoms with Crippen LogP contribution >= 0.6 is 0 Å². The maximum Gasteiger partial charge on any atom is 0.239 e. The number of amides is 2. The second-order valence-electron chi connectivity index (χ2n) is 2.10. The van der Waals surface area contributed by atoms with Crippen molar-refractivity contribution in [1.29, 1.82) is 0 Å². The lowest BCUT2D eigenvalue weighted by Crippen LogP contribution is -2.37. The lowest BCUT2D eigenvalue weighted by atomic mass is 10.4. The minimum atomic E-state index is -0.357. The third kappa shape index (κ3) is 5.40. The fourth-order valence-corrected chi connectivity index (χ4v) is 0.522. The molecular formula is C7H12N2O3. The molecule has 0 atom stereocenters. The molecule has 2 N–H and O–H groups in total. The van der Waals surface area contributed by atoms with E-state index in [4.69, 9.17) is 0 Å². The summed E-state index contributed by atoms with van der Waals surface area (Å²) < 4.78 is 0. The van der Waals surface area contributed by atoms with Crippen molar-refractivity contribution in [2.24, 2.45) is 0 Å². The van der Waals surface area contributed by atoms with Crippen molar-refractivity contribution >= 4 is 18.1 Å². The van der Waals surface area contributed by atoms with Gasteiger partial charge in [0.25, 0.3) is 0 Å². The SMILES string of the molecule is CCC(=O)NCC(=O)NCC=O. The summed E-state index contributed by atoms with van der Waals surface area (Å²) in [6.07, 6.45) is 0.931. The smallest absolute Gasteiger partial charge is 0.239 e. The molecule has 0 bridgehead atoms. The van der Waals surface area contributed by atoms with E-state index in [1.54, 1.807) is 6.92 Å². The predicted molar refractivity (Wildman–Crippen MR) is 42.4 cm³/mol. The molecule has 68 valence electrons. The fourth-order valence-electron chi connectivity index (χ4n) is 0.522. The van der Waals surface area contributed by atoms with Gasteiger partial charge in [0.05, 0.1) is 13.1 Å². The maximum atomic E-state index is 10.7. The first-order valence-electron chi connectivity index (χ1n) is 3.67. The first kappa shape index (κ1) is 10.6. The van der Waals surface area contributed by atoms with Gasteiger partial charge in [0.1, 0.15) is 6.29 Å². The van der Waals surface area contributed by atoms with E-state index in [9.17, 15) is 14.4 Å². The van der Waals surface area contributed by atoms with Crippen LogP contribution in [0.3, 0.4) is 0 Å². The van der Waals surface area contributed by atoms with Crippen molar-refractivity contribution in [3.63, 3.8) is 0 Å². The van der Waals surface area contributed by atoms with Crippen LogP contribution < -0.4 is 10.6 Å². The molecule has 0 unspecified atom stereocenters. The Morgan fingerprint density at radius 2 is 1.92 bits per heavy atom. The zero-order valence-corrected chi connectivity index (χ0v) is 6.92. The molecule has 0 heterocycles. The van der Waals surface area contributed by atoms with Crippen LogP contribution in [0.4, 0.5) is 0 Å². The normalized spacial score (nSPS) is 8.75. The molecule has 12 heavy (non-hydrogen) atoms. The number of carbonyl (C=O) groups excluding carboxylic acids is 3. The van der Waals surface area contributed by atoms with Gasteiger partial charge in [-0.3, -0.25) is 9.59 Å². The van der Waals surface area contributed by atoms with Gasteiger partial charge in [0, 0.05) is 6.42 Å². The van der Waals surface area contributed by atoms with E-state index < -0.39 is 0 Å². The summed E-state index contributed by atoms with van der Waals surface area (Å²) in [5, 5.41) is 4.66. The van der Waals surface area contributed by atoms with Gasteiger partial charge >= 0.3 is 0 Å². The van der Waals surface area contributed by atoms with Gasteiger partial charge in [-0.05, 0) is 0 Å². The van der Waals surface area contributed by atoms with Gasteiger partial charge < -0.3 is 15.4 Å². The summed E-state index contributed by atoms with van der Waals surface area (Å²) in [6.45, 7) is 1.61. The molecule has 0 aromatic heterocycles. The van der Waals surface area contributed by atoms with Crippen LogP contribution in [0, 0.1) is 0 Å². The zero-order chi connectivity index (χ0) is 9.40. The van der Waals surface area contributed by atoms with Crippen LogP contribution in [0.5, 0.6) is 0 Å². The van der Waals surface area contributed by atoms with Crippen LogP contribution in [0.2, 0.25) is 0 Å². The third-order valence-electron chi connectivity index (χ3n) is 1.15. The Labute approximate surface area is 70.5 Å². The van der Waals surface area contributed by atoms with E-state index in [1.807, 2.05) is 0 Å². The van der Waals surface area contributed by atoms with Crippen molar-refractivity contribution in [2.75, 3.05) is 13.1 Å². The minimum absolute atomic E-state index is 0.0131. The zero-order valence-electron chi connectivity index (χ0n) is 6.92. The molecule has 2 amide bonds. The molecular weight excluding hydrogens is 160 g/mol. The van der Waals surface area contributed by atoms with Crippen molar-refractivity contribution in [3.05, 3.63) is 0 Å². The molecule has 0 fully saturated rings. The van der Waals surface area contributed by atoms with Crippen molar-refractivity contribution < 1.29 is 14.4 Å². The monoisotopic (exact) mass is 172 g/mol. The molecule has 0 spiro atoms. The molecule has 0 saturated carbocycles. The average Bonchev–Trinajstić information content (AvgIpc) is 2.10. The summed E-state index contributed by atoms with van der Waals surface area (Å²) >= 11 is 0. The fraction of sp³-hybridized carbons (Fsp3) is 0.571. The molecule has 0 radical (unpaired) electrons. The maximum absolute atomic E-state index is 10.7. The molecule has 0 aliphatic carbocycles. The van der Waals surface area contributed by atoms with E-state index >= 15 is 0 Å². The number of nitrogens with one attached hydrogen (secondary N) is 2. The number of rotatable bonds is 5. The van der Waals surface area contributed by atoms with Crippen LogP contribution in [0.25, 0.3) is 0 Å². The van der Waals surface area contributed by atoms with Crippen molar-refractivity contribution in [3.8, 4) is 0 Å². The molecule has 0 aromatic rings. The van der Waals surface area contributed by atoms with Gasteiger partial charge in [-0.15, -0.1) is 0 Å². The molecule has 0 saturated heterocycles. The van der Waals surface area contributed by atoms with Crippen LogP contribution in [0.1, 0.15) is 13.3 Å². The quantitative estimate of drug-likeness (QED) is 0.513. The summed E-state index contributed by atoms with van der Waals surface area (Å²) in [5.74, 6) is -0.542. The number of hydrogen-bond acceptors (Lipinski definition) is 3. The molecule has 0 aliphatic rings. The highest BCUT2D eigenvalue weighted by molar-refractivity contribution is 5.85. The Morgan fingerprint density at radius 1 is 1.25 bits per heavy atom. The first-order chi connectivity index (χ1) is 5.70. The van der Waals surface area contributed by atoms with Crippen LogP contribution in [0.15, 0.2) is 0 Å². The third-order valence-corrected chi connectivity index (χ3v) is 1.15. The molecule has 5 heteroatoms. The minimum Gasteiger partial charge on any atom is -0.348 e. The van der Waals surface area contributed by atoms with Gasteiger partial charge in [-0.1, -0.05) is 6.92 Å². The van der Waals surface area contributed by atoms with Gasteiger partial charge in [0.15, 0.2) is 0 Å². The van der Waals surface area contributed by atoms with Gasteiger partial charge in [0.2, 0.25) is 11.8 Å². The Morgan fingerprint density at radius 3 is 2.42 bits per heavy atom. The summed E-state index contributed by atoms with van der Waals surface area (Å²) in [4.78, 5) is 31.2. The predicted octanol–water partition coefficient (Wildman–Crippen LogP) is -1.17. The number of carbonyl (C=O) groups is 3. The van der Waals surface area contributed by atoms with E-state index in [1.165, 1.54) is 0 Å². The Hall–Kier alpha value is -1.39. The largest absolute Gasteiger partial charge is 0.348 e. The first-order valence-corrected chi connectivity index (χ1v) is 3.67. The van der Waals surface area contributed by atoms with Gasteiger partial charge in [-0.2, -0.15) is 0 Å². The lowest BCUT2D eigenvalue weighted by molar-refractivity contribution is -0.126. The van der Waals surface area contributed by atoms with Crippen molar-refractivity contribution in [2.45, 2.75) is 13.3 Å². The topological polar surface area (TPSA) is 75.3 Å². The Kier molecular flexibility index (Phi) is 5.60. The summed E-state index contributed by atoms with van der Waals surface area (Å²) in [5.41, 5.74) is 0. The van der Waals surface area contributed by atoms with Gasteiger partial charge in [-0.25, -0.2) is 0 Å². The van der Waals surface area contributed by atoms with Crippen molar-refractivity contribution in [1.82, 2.24) is 10.6 Å². The molecule has 0 rings (SSSR count). The summed E-state index contributed by atoms with van der Waals surface area (Å²) in [7, 11) is 0. The van der Waals surface area contributed by atoms with E-state index in [-0.39, 0.29) is 24.9 Å². The Bertz CT molecular complexity index is 179. The second-order valence-corrected chi connectivity index (χ2v) is 2.10. The van der Waals surface area contributed by atoms with Crippen LogP contribution in [-0.2, 0) is 14.4 Å². The molecule has 0 aliphatic heterocycles. The highest BCUT2D eigenvalue weighted by Crippen LogP contribution is 1.73. The van der Waals surface area contributed by atoms with E-state index in [0.29, 0.717) is 12.7 Å². The van der Waals surface area contributed by atoms with E-state index in [2.05, 4.69) is 10.6 Å². The number of hydrogen-bond donors (Lipinski definition) is 2. The summed E-state index contributed by atoms with van der Waals surface area (Å²) in [6, 6.07) is 0. The number of aldehydes is 1. The average molecular weight is 172 g/mol. The highest BCUT2D eigenvalue weighted by atomic mass is 16.2. The molecule has 5 nitrogen and oxygen atoms in total. The van der Waals surface area contributed by atoms with E-state index in [0.717, 1.165) is 0 Å². The standard InChI is InChI=1S/C7H12N2O3/c1-2-6(11)9-5-7(12)8-3-4-10/h4H,2-3,5H2,1H3,(H,8,12)(H,9,11). The van der Waals surface area contributed by atoms with Crippen LogP contribution in [-0.4, -0.2) is 31.2 Å². The second kappa shape index (κ2) is 6.33. The molecule has 0 aromatic carbocycles. The lowest BCUT2D eigenvalue weighted by Gasteiger charge is -2.02. The Balaban J connectivity index is 3.43.